The first-order valence-electron chi connectivity index (χ1n) is 9.48. The first-order valence-corrected chi connectivity index (χ1v) is 10.7. The molecule has 4 rings (SSSR count). The van der Waals surface area contributed by atoms with Crippen LogP contribution in [0.3, 0.4) is 0 Å². The number of benzene rings is 1. The largest absolute Gasteiger partial charge is 0.307 e. The van der Waals surface area contributed by atoms with Crippen LogP contribution in [-0.2, 0) is 13.2 Å². The molecule has 1 fully saturated rings. The lowest BCUT2D eigenvalue weighted by Crippen LogP contribution is -2.27. The molecule has 1 saturated heterocycles. The van der Waals surface area contributed by atoms with E-state index in [0.29, 0.717) is 6.04 Å². The van der Waals surface area contributed by atoms with Gasteiger partial charge in [-0.15, -0.1) is 11.3 Å². The smallest absolute Gasteiger partial charge is 0.198 e. The maximum absolute atomic E-state index is 5.64. The van der Waals surface area contributed by atoms with Crippen molar-refractivity contribution in [2.45, 2.75) is 58.3 Å². The summed E-state index contributed by atoms with van der Waals surface area (Å²) in [6.45, 7) is 5.01. The molecule has 1 aromatic carbocycles. The summed E-state index contributed by atoms with van der Waals surface area (Å²) < 4.78 is 6.17. The molecule has 26 heavy (non-hydrogen) atoms. The van der Waals surface area contributed by atoms with Crippen molar-refractivity contribution in [1.29, 1.82) is 0 Å². The molecule has 1 atom stereocenters. The zero-order chi connectivity index (χ0) is 17.9. The molecule has 7 heteroatoms. The summed E-state index contributed by atoms with van der Waals surface area (Å²) in [6.07, 6.45) is 7.86. The van der Waals surface area contributed by atoms with Crippen LogP contribution in [0.4, 0.5) is 0 Å². The van der Waals surface area contributed by atoms with Gasteiger partial charge in [-0.2, -0.15) is 5.10 Å². The molecular formula is C19H25N5S2. The van der Waals surface area contributed by atoms with Crippen LogP contribution in [0.1, 0.15) is 50.1 Å². The normalized spacial score (nSPS) is 18.1. The van der Waals surface area contributed by atoms with Crippen molar-refractivity contribution in [2.24, 2.45) is 0 Å². The number of aromatic nitrogens is 4. The fourth-order valence-electron chi connectivity index (χ4n) is 3.63. The molecule has 3 heterocycles. The molecular weight excluding hydrogens is 362 g/mol. The summed E-state index contributed by atoms with van der Waals surface area (Å²) in [6, 6.07) is 8.77. The minimum atomic E-state index is 0.375. The fourth-order valence-corrected chi connectivity index (χ4v) is 5.01. The second-order valence-corrected chi connectivity index (χ2v) is 8.37. The van der Waals surface area contributed by atoms with Crippen LogP contribution >= 0.6 is 23.6 Å². The van der Waals surface area contributed by atoms with Gasteiger partial charge in [-0.1, -0.05) is 31.9 Å². The van der Waals surface area contributed by atoms with Crippen molar-refractivity contribution >= 4 is 33.8 Å². The molecule has 2 aromatic heterocycles. The van der Waals surface area contributed by atoms with E-state index < -0.39 is 0 Å². The van der Waals surface area contributed by atoms with Crippen molar-refractivity contribution in [3.05, 3.63) is 40.4 Å². The zero-order valence-electron chi connectivity index (χ0n) is 15.2. The molecule has 5 nitrogen and oxygen atoms in total. The van der Waals surface area contributed by atoms with Gasteiger partial charge in [0.1, 0.15) is 11.3 Å². The Bertz CT molecular complexity index is 892. The number of para-hydroxylation sites is 1. The molecule has 0 aliphatic carbocycles. The number of hydrogen-bond acceptors (Lipinski definition) is 5. The van der Waals surface area contributed by atoms with Gasteiger partial charge < -0.3 is 4.57 Å². The van der Waals surface area contributed by atoms with Crippen molar-refractivity contribution in [3.63, 3.8) is 0 Å². The molecule has 0 spiro atoms. The summed E-state index contributed by atoms with van der Waals surface area (Å²) in [4.78, 5) is 7.35. The van der Waals surface area contributed by atoms with Crippen LogP contribution in [0.5, 0.6) is 0 Å². The van der Waals surface area contributed by atoms with E-state index in [2.05, 4.69) is 45.8 Å². The molecule has 0 amide bonds. The van der Waals surface area contributed by atoms with E-state index >= 15 is 0 Å². The Morgan fingerprint density at radius 1 is 1.27 bits per heavy atom. The maximum atomic E-state index is 5.64. The Labute approximate surface area is 163 Å². The number of thiazole rings is 1. The number of nitrogens with zero attached hydrogens (tertiary/aromatic N) is 5. The van der Waals surface area contributed by atoms with E-state index in [1.807, 2.05) is 22.3 Å². The van der Waals surface area contributed by atoms with Crippen molar-refractivity contribution < 1.29 is 0 Å². The lowest BCUT2D eigenvalue weighted by Gasteiger charge is -2.22. The lowest BCUT2D eigenvalue weighted by molar-refractivity contribution is 0.189. The van der Waals surface area contributed by atoms with Crippen molar-refractivity contribution in [2.75, 3.05) is 6.54 Å². The number of rotatable bonds is 7. The molecule has 3 aromatic rings. The third kappa shape index (κ3) is 3.61. The Morgan fingerprint density at radius 2 is 2.15 bits per heavy atom. The first kappa shape index (κ1) is 17.8. The van der Waals surface area contributed by atoms with E-state index in [1.165, 1.54) is 29.0 Å². The van der Waals surface area contributed by atoms with Gasteiger partial charge in [-0.25, -0.2) is 9.67 Å². The quantitative estimate of drug-likeness (QED) is 0.422. The topological polar surface area (TPSA) is 38.9 Å². The number of hydrogen-bond donors (Lipinski definition) is 0. The minimum Gasteiger partial charge on any atom is -0.307 e. The van der Waals surface area contributed by atoms with Crippen LogP contribution in [0.2, 0.25) is 0 Å². The molecule has 0 radical (unpaired) electrons. The predicted molar refractivity (Wildman–Crippen MR) is 109 cm³/mol. The SMILES string of the molecule is CCCCCn1cnn(CN2CCC[C@@H]2c2nc3ccccc3s2)c1=S. The van der Waals surface area contributed by atoms with Gasteiger partial charge in [-0.3, -0.25) is 4.90 Å². The molecule has 0 unspecified atom stereocenters. The first-order chi connectivity index (χ1) is 12.8. The summed E-state index contributed by atoms with van der Waals surface area (Å²) in [5.41, 5.74) is 1.11. The van der Waals surface area contributed by atoms with Gasteiger partial charge >= 0.3 is 0 Å². The highest BCUT2D eigenvalue weighted by atomic mass is 32.1. The Morgan fingerprint density at radius 3 is 3.00 bits per heavy atom. The maximum Gasteiger partial charge on any atom is 0.198 e. The van der Waals surface area contributed by atoms with Gasteiger partial charge in [0.25, 0.3) is 0 Å². The average molecular weight is 388 g/mol. The second kappa shape index (κ2) is 7.98. The lowest BCUT2D eigenvalue weighted by atomic mass is 10.2. The molecule has 0 N–H and O–H groups in total. The van der Waals surface area contributed by atoms with Crippen LogP contribution in [0.25, 0.3) is 10.2 Å². The summed E-state index contributed by atoms with van der Waals surface area (Å²) >= 11 is 7.46. The number of unbranched alkanes of at least 4 members (excludes halogenated alkanes) is 2. The summed E-state index contributed by atoms with van der Waals surface area (Å²) in [7, 11) is 0. The van der Waals surface area contributed by atoms with Crippen molar-refractivity contribution in [3.8, 4) is 0 Å². The third-order valence-electron chi connectivity index (χ3n) is 5.07. The molecule has 1 aliphatic heterocycles. The van der Waals surface area contributed by atoms with Gasteiger partial charge in [-0.05, 0) is 43.6 Å². The highest BCUT2D eigenvalue weighted by Crippen LogP contribution is 2.36. The monoisotopic (exact) mass is 387 g/mol. The second-order valence-electron chi connectivity index (χ2n) is 6.95. The van der Waals surface area contributed by atoms with Gasteiger partial charge in [0, 0.05) is 13.1 Å². The summed E-state index contributed by atoms with van der Waals surface area (Å²) in [5.74, 6) is 0. The Balaban J connectivity index is 1.50. The zero-order valence-corrected chi connectivity index (χ0v) is 16.8. The van der Waals surface area contributed by atoms with Crippen molar-refractivity contribution in [1.82, 2.24) is 24.2 Å². The highest BCUT2D eigenvalue weighted by Gasteiger charge is 2.29. The Hall–Kier alpha value is -1.57. The minimum absolute atomic E-state index is 0.375. The van der Waals surface area contributed by atoms with E-state index in [0.717, 1.165) is 42.9 Å². The molecule has 0 saturated carbocycles. The Kier molecular flexibility index (Phi) is 5.47. The fraction of sp³-hybridized carbons (Fsp3) is 0.526. The average Bonchev–Trinajstić information content (AvgIpc) is 3.35. The molecule has 1 aliphatic rings. The van der Waals surface area contributed by atoms with E-state index in [-0.39, 0.29) is 0 Å². The van der Waals surface area contributed by atoms with Gasteiger partial charge in [0.2, 0.25) is 0 Å². The van der Waals surface area contributed by atoms with Gasteiger partial charge in [0.05, 0.1) is 22.9 Å². The van der Waals surface area contributed by atoms with Crippen LogP contribution < -0.4 is 0 Å². The van der Waals surface area contributed by atoms with E-state index in [9.17, 15) is 0 Å². The number of likely N-dealkylation sites (tertiary alicyclic amines) is 1. The van der Waals surface area contributed by atoms with Crippen LogP contribution in [0.15, 0.2) is 30.6 Å². The van der Waals surface area contributed by atoms with E-state index in [1.54, 1.807) is 0 Å². The van der Waals surface area contributed by atoms with Gasteiger partial charge in [0.15, 0.2) is 4.77 Å². The standard InChI is InChI=1S/C19H25N5S2/c1-2-3-6-11-22-13-20-24(19(22)25)14-23-12-7-9-16(23)18-21-15-8-4-5-10-17(15)26-18/h4-5,8,10,13,16H,2-3,6-7,9,11-12,14H2,1H3/t16-/m1/s1. The van der Waals surface area contributed by atoms with Crippen LogP contribution in [0, 0.1) is 4.77 Å². The van der Waals surface area contributed by atoms with Crippen LogP contribution in [-0.4, -0.2) is 30.8 Å². The molecule has 138 valence electrons. The highest BCUT2D eigenvalue weighted by molar-refractivity contribution is 7.71. The third-order valence-corrected chi connectivity index (χ3v) is 6.66. The number of aryl methyl sites for hydroxylation is 1. The number of fused-ring (bicyclic) bond motifs is 1. The predicted octanol–water partition coefficient (Wildman–Crippen LogP) is 5.01. The summed E-state index contributed by atoms with van der Waals surface area (Å²) in [5, 5.41) is 5.77. The van der Waals surface area contributed by atoms with E-state index in [4.69, 9.17) is 17.2 Å². The molecule has 0 bridgehead atoms.